The van der Waals surface area contributed by atoms with Crippen LogP contribution < -0.4 is 0 Å². The second-order valence-electron chi connectivity index (χ2n) is 4.74. The van der Waals surface area contributed by atoms with Gasteiger partial charge in [0.25, 0.3) is 0 Å². The van der Waals surface area contributed by atoms with Gasteiger partial charge in [-0.1, -0.05) is 20.3 Å². The average molecular weight is 229 g/mol. The molecule has 0 amide bonds. The Bertz CT molecular complexity index is 244. The van der Waals surface area contributed by atoms with Gasteiger partial charge in [0, 0.05) is 12.1 Å². The maximum absolute atomic E-state index is 10.5. The average Bonchev–Trinajstić information content (AvgIpc) is 2.54. The van der Waals surface area contributed by atoms with Crippen molar-refractivity contribution >= 4 is 5.97 Å². The van der Waals surface area contributed by atoms with Crippen molar-refractivity contribution in [2.75, 3.05) is 20.2 Å². The maximum atomic E-state index is 10.5. The Labute approximate surface area is 97.6 Å². The molecule has 4 nitrogen and oxygen atoms in total. The van der Waals surface area contributed by atoms with Crippen molar-refractivity contribution < 1.29 is 14.6 Å². The molecule has 1 aliphatic rings. The molecule has 1 saturated heterocycles. The minimum absolute atomic E-state index is 0.0765. The fourth-order valence-corrected chi connectivity index (χ4v) is 2.79. The van der Waals surface area contributed by atoms with Crippen molar-refractivity contribution in [2.45, 2.75) is 51.2 Å². The number of ether oxygens (including phenoxy) is 1. The van der Waals surface area contributed by atoms with Gasteiger partial charge in [0.15, 0.2) is 0 Å². The summed E-state index contributed by atoms with van der Waals surface area (Å²) in [5, 5.41) is 8.59. The van der Waals surface area contributed by atoms with Gasteiger partial charge < -0.3 is 9.84 Å². The lowest BCUT2D eigenvalue weighted by atomic mass is 9.87. The molecule has 1 N–H and O–H groups in total. The third-order valence-corrected chi connectivity index (χ3v) is 3.71. The smallest absolute Gasteiger partial charge is 0.329 e. The van der Waals surface area contributed by atoms with E-state index in [0.29, 0.717) is 0 Å². The summed E-state index contributed by atoms with van der Waals surface area (Å²) in [5.74, 6) is -0.882. The lowest BCUT2D eigenvalue weighted by molar-refractivity contribution is -0.144. The van der Waals surface area contributed by atoms with Gasteiger partial charge in [-0.2, -0.15) is 0 Å². The van der Waals surface area contributed by atoms with Crippen LogP contribution in [-0.4, -0.2) is 47.8 Å². The third kappa shape index (κ3) is 2.95. The molecule has 94 valence electrons. The third-order valence-electron chi connectivity index (χ3n) is 3.71. The first-order valence-electron chi connectivity index (χ1n) is 6.08. The zero-order valence-electron chi connectivity index (χ0n) is 10.5. The van der Waals surface area contributed by atoms with E-state index < -0.39 is 5.97 Å². The molecule has 1 heterocycles. The summed E-state index contributed by atoms with van der Waals surface area (Å²) in [6.45, 7) is 5.06. The minimum Gasteiger partial charge on any atom is -0.480 e. The molecule has 2 unspecified atom stereocenters. The molecular formula is C12H23NO3. The van der Waals surface area contributed by atoms with Gasteiger partial charge in [0.2, 0.25) is 0 Å². The van der Waals surface area contributed by atoms with Crippen LogP contribution >= 0.6 is 0 Å². The number of hydrogen-bond acceptors (Lipinski definition) is 3. The van der Waals surface area contributed by atoms with E-state index in [0.717, 1.165) is 32.2 Å². The number of hydrogen-bond donors (Lipinski definition) is 1. The summed E-state index contributed by atoms with van der Waals surface area (Å²) in [4.78, 5) is 12.8. The number of carbonyl (C=O) groups is 1. The second-order valence-corrected chi connectivity index (χ2v) is 4.74. The van der Waals surface area contributed by atoms with Gasteiger partial charge in [0.05, 0.1) is 6.10 Å². The van der Waals surface area contributed by atoms with E-state index in [1.54, 1.807) is 0 Å². The summed E-state index contributed by atoms with van der Waals surface area (Å²) in [5.41, 5.74) is 0.220. The molecule has 2 atom stereocenters. The van der Waals surface area contributed by atoms with Crippen molar-refractivity contribution in [1.82, 2.24) is 4.90 Å². The molecule has 0 bridgehead atoms. The van der Waals surface area contributed by atoms with E-state index in [4.69, 9.17) is 9.84 Å². The predicted octanol–water partition coefficient (Wildman–Crippen LogP) is 1.74. The van der Waals surface area contributed by atoms with Crippen LogP contribution in [0.4, 0.5) is 0 Å². The van der Waals surface area contributed by atoms with Gasteiger partial charge in [-0.05, 0) is 26.3 Å². The summed E-state index contributed by atoms with van der Waals surface area (Å²) >= 11 is 0. The van der Waals surface area contributed by atoms with Crippen molar-refractivity contribution in [2.24, 2.45) is 0 Å². The Balaban J connectivity index is 2.53. The molecule has 0 aromatic heterocycles. The predicted molar refractivity (Wildman–Crippen MR) is 62.6 cm³/mol. The largest absolute Gasteiger partial charge is 0.480 e. The standard InChI is InChI=1S/C12H23NO3/c1-4-6-12(5-2)7-10(8-13(12)3)16-9-11(14)15/h10H,4-9H2,1-3H3,(H,14,15). The first-order chi connectivity index (χ1) is 7.54. The van der Waals surface area contributed by atoms with Gasteiger partial charge in [-0.25, -0.2) is 4.79 Å². The van der Waals surface area contributed by atoms with Crippen LogP contribution in [-0.2, 0) is 9.53 Å². The van der Waals surface area contributed by atoms with Crippen molar-refractivity contribution in [3.05, 3.63) is 0 Å². The summed E-state index contributed by atoms with van der Waals surface area (Å²) in [6, 6.07) is 0. The van der Waals surface area contributed by atoms with E-state index in [1.807, 2.05) is 0 Å². The van der Waals surface area contributed by atoms with Crippen LogP contribution in [0.2, 0.25) is 0 Å². The van der Waals surface area contributed by atoms with Gasteiger partial charge in [-0.3, -0.25) is 4.90 Å². The lowest BCUT2D eigenvalue weighted by Gasteiger charge is -2.34. The summed E-state index contributed by atoms with van der Waals surface area (Å²) in [6.07, 6.45) is 4.45. The summed E-state index contributed by atoms with van der Waals surface area (Å²) < 4.78 is 5.40. The van der Waals surface area contributed by atoms with E-state index >= 15 is 0 Å². The van der Waals surface area contributed by atoms with Gasteiger partial charge >= 0.3 is 5.97 Å². The molecule has 0 saturated carbocycles. The van der Waals surface area contributed by atoms with E-state index in [1.165, 1.54) is 0 Å². The Morgan fingerprint density at radius 3 is 2.75 bits per heavy atom. The number of aliphatic carboxylic acids is 1. The van der Waals surface area contributed by atoms with Crippen LogP contribution in [0.3, 0.4) is 0 Å². The van der Waals surface area contributed by atoms with E-state index in [2.05, 4.69) is 25.8 Å². The van der Waals surface area contributed by atoms with Crippen LogP contribution in [0.15, 0.2) is 0 Å². The minimum atomic E-state index is -0.882. The van der Waals surface area contributed by atoms with Gasteiger partial charge in [-0.15, -0.1) is 0 Å². The van der Waals surface area contributed by atoms with E-state index in [-0.39, 0.29) is 18.2 Å². The second kappa shape index (κ2) is 5.64. The normalized spacial score (nSPS) is 30.8. The Morgan fingerprint density at radius 1 is 1.56 bits per heavy atom. The zero-order valence-corrected chi connectivity index (χ0v) is 10.5. The highest BCUT2D eigenvalue weighted by Gasteiger charge is 2.41. The molecule has 0 spiro atoms. The highest BCUT2D eigenvalue weighted by molar-refractivity contribution is 5.68. The number of rotatable bonds is 6. The molecule has 0 radical (unpaired) electrons. The van der Waals surface area contributed by atoms with Crippen molar-refractivity contribution in [3.63, 3.8) is 0 Å². The van der Waals surface area contributed by atoms with Gasteiger partial charge in [0.1, 0.15) is 6.61 Å². The summed E-state index contributed by atoms with van der Waals surface area (Å²) in [7, 11) is 2.11. The topological polar surface area (TPSA) is 49.8 Å². The number of carboxylic acids is 1. The van der Waals surface area contributed by atoms with Crippen LogP contribution in [0, 0.1) is 0 Å². The fourth-order valence-electron chi connectivity index (χ4n) is 2.79. The fraction of sp³-hybridized carbons (Fsp3) is 0.917. The van der Waals surface area contributed by atoms with E-state index in [9.17, 15) is 4.79 Å². The molecule has 4 heteroatoms. The SMILES string of the molecule is CCCC1(CC)CC(OCC(=O)O)CN1C. The maximum Gasteiger partial charge on any atom is 0.329 e. The molecule has 1 fully saturated rings. The highest BCUT2D eigenvalue weighted by atomic mass is 16.5. The number of nitrogens with zero attached hydrogens (tertiary/aromatic N) is 1. The Hall–Kier alpha value is -0.610. The van der Waals surface area contributed by atoms with Crippen LogP contribution in [0.1, 0.15) is 39.5 Å². The highest BCUT2D eigenvalue weighted by Crippen LogP contribution is 2.36. The van der Waals surface area contributed by atoms with Crippen LogP contribution in [0.25, 0.3) is 0 Å². The molecule has 0 aromatic rings. The lowest BCUT2D eigenvalue weighted by Crippen LogP contribution is -2.40. The Morgan fingerprint density at radius 2 is 2.25 bits per heavy atom. The first-order valence-corrected chi connectivity index (χ1v) is 6.08. The number of carboxylic acid groups (broad SMARTS) is 1. The molecule has 0 aliphatic carbocycles. The molecule has 1 rings (SSSR count). The molecule has 0 aromatic carbocycles. The van der Waals surface area contributed by atoms with Crippen molar-refractivity contribution in [3.8, 4) is 0 Å². The number of likely N-dealkylation sites (N-methyl/N-ethyl adjacent to an activating group) is 1. The monoisotopic (exact) mass is 229 g/mol. The Kier molecular flexibility index (Phi) is 4.74. The molecular weight excluding hydrogens is 206 g/mol. The molecule has 16 heavy (non-hydrogen) atoms. The van der Waals surface area contributed by atoms with Crippen LogP contribution in [0.5, 0.6) is 0 Å². The first kappa shape index (κ1) is 13.5. The van der Waals surface area contributed by atoms with Crippen molar-refractivity contribution in [1.29, 1.82) is 0 Å². The number of likely N-dealkylation sites (tertiary alicyclic amines) is 1. The molecule has 1 aliphatic heterocycles. The zero-order chi connectivity index (χ0) is 12.2. The quantitative estimate of drug-likeness (QED) is 0.753.